The van der Waals surface area contributed by atoms with Gasteiger partial charge in [-0.15, -0.1) is 0 Å². The van der Waals surface area contributed by atoms with Gasteiger partial charge in [0, 0.05) is 26.4 Å². The fraction of sp³-hybridized carbons (Fsp3) is 0.471. The van der Waals surface area contributed by atoms with Crippen LogP contribution in [0.15, 0.2) is 60.7 Å². The van der Waals surface area contributed by atoms with E-state index in [4.69, 9.17) is 40.0 Å². The van der Waals surface area contributed by atoms with E-state index in [-0.39, 0.29) is 6.61 Å². The zero-order valence-electron chi connectivity index (χ0n) is 27.8. The van der Waals surface area contributed by atoms with E-state index in [0.717, 1.165) is 22.8 Å². The van der Waals surface area contributed by atoms with Crippen molar-refractivity contribution in [2.24, 2.45) is 5.73 Å². The Hall–Kier alpha value is -3.58. The van der Waals surface area contributed by atoms with E-state index in [1.165, 1.54) is 25.9 Å². The maximum atomic E-state index is 12.1. The quantitative estimate of drug-likeness (QED) is 0.144. The number of nitrogens with one attached hydrogen (secondary N) is 1. The molecular formula is C34H48N2O13. The number of aliphatic carboxylic acids is 1. The highest BCUT2D eigenvalue weighted by molar-refractivity contribution is 5.92. The first-order chi connectivity index (χ1) is 23.3. The van der Waals surface area contributed by atoms with E-state index in [9.17, 15) is 30.0 Å². The number of ether oxygens (including phenoxy) is 4. The van der Waals surface area contributed by atoms with Crippen LogP contribution in [0.3, 0.4) is 0 Å². The van der Waals surface area contributed by atoms with Crippen molar-refractivity contribution in [2.75, 3.05) is 27.4 Å². The Morgan fingerprint density at radius 3 is 1.59 bits per heavy atom. The lowest BCUT2D eigenvalue weighted by molar-refractivity contribution is -0.262. The van der Waals surface area contributed by atoms with Gasteiger partial charge in [0.1, 0.15) is 42.7 Å². The molecule has 49 heavy (non-hydrogen) atoms. The number of carbonyl (C=O) groups excluding carboxylic acids is 1. The highest BCUT2D eigenvalue weighted by atomic mass is 16.7. The molecule has 10 unspecified atom stereocenters. The Bertz CT molecular complexity index is 1320. The molecule has 0 spiro atoms. The molecular weight excluding hydrogens is 644 g/mol. The summed E-state index contributed by atoms with van der Waals surface area (Å²) in [5.74, 6) is -1.38. The summed E-state index contributed by atoms with van der Waals surface area (Å²) < 4.78 is 20.3. The monoisotopic (exact) mass is 692 g/mol. The molecule has 0 aliphatic carbocycles. The number of hydrogen-bond donors (Lipinski definition) is 9. The molecule has 0 bridgehead atoms. The molecule has 2 fully saturated rings. The summed E-state index contributed by atoms with van der Waals surface area (Å²) in [5.41, 5.74) is 9.55. The second kappa shape index (κ2) is 20.8. The molecule has 10 N–H and O–H groups in total. The minimum atomic E-state index is -1.33. The van der Waals surface area contributed by atoms with Crippen LogP contribution in [0.5, 0.6) is 0 Å². The van der Waals surface area contributed by atoms with Crippen LogP contribution in [0.4, 0.5) is 0 Å². The first-order valence-corrected chi connectivity index (χ1v) is 15.3. The Kier molecular flexibility index (Phi) is 17.7. The first-order valence-electron chi connectivity index (χ1n) is 15.3. The van der Waals surface area contributed by atoms with Crippen molar-refractivity contribution in [2.45, 2.75) is 75.1 Å². The van der Waals surface area contributed by atoms with Crippen molar-refractivity contribution in [1.82, 2.24) is 5.32 Å². The lowest BCUT2D eigenvalue weighted by Gasteiger charge is -2.41. The summed E-state index contributed by atoms with van der Waals surface area (Å²) in [7, 11) is 2.73. The maximum absolute atomic E-state index is 12.1. The number of methoxy groups -OCH3 is 2. The van der Waals surface area contributed by atoms with Crippen molar-refractivity contribution < 1.29 is 64.3 Å². The van der Waals surface area contributed by atoms with E-state index in [1.807, 2.05) is 62.4 Å². The average molecular weight is 693 g/mol. The topological polar surface area (TPSA) is 251 Å². The van der Waals surface area contributed by atoms with Gasteiger partial charge in [-0.3, -0.25) is 4.79 Å². The molecule has 15 nitrogen and oxygen atoms in total. The number of hydrogen-bond acceptors (Lipinski definition) is 13. The first kappa shape index (κ1) is 41.6. The SMILES string of the molecule is COC1OC(CO)C(O)C(O)C1N.COC1OC(CO)C(O)C(O)C1NC(=O)/C=C/c1ccc(C)cc1.Cc1ccc(/C=C/C(=O)O)cc1. The largest absolute Gasteiger partial charge is 0.478 e. The van der Waals surface area contributed by atoms with Gasteiger partial charge in [0.05, 0.1) is 19.3 Å². The van der Waals surface area contributed by atoms with E-state index in [0.29, 0.717) is 0 Å². The summed E-state index contributed by atoms with van der Waals surface area (Å²) in [4.78, 5) is 22.2. The number of carboxylic acid groups (broad SMARTS) is 1. The molecule has 2 aliphatic heterocycles. The molecule has 0 saturated carbocycles. The van der Waals surface area contributed by atoms with Gasteiger partial charge in [-0.25, -0.2) is 4.79 Å². The predicted octanol–water partition coefficient (Wildman–Crippen LogP) is -0.930. The van der Waals surface area contributed by atoms with Gasteiger partial charge in [0.25, 0.3) is 0 Å². The molecule has 2 heterocycles. The molecule has 272 valence electrons. The number of benzene rings is 2. The summed E-state index contributed by atoms with van der Waals surface area (Å²) in [6, 6.07) is 13.5. The molecule has 0 radical (unpaired) electrons. The molecule has 2 aromatic carbocycles. The second-order valence-electron chi connectivity index (χ2n) is 11.3. The standard InChI is InChI=1S/C17H23NO6.C10H10O2.C7H15NO5/c1-10-3-5-11(6-4-10)7-8-13(20)18-14-16(22)15(21)12(9-19)24-17(14)23-2;1-8-2-4-9(5-3-8)6-7-10(11)12;1-12-7-4(8)6(11)5(10)3(2-9)13-7/h3-8,12,14-17,19,21-22H,9H2,1-2H3,(H,18,20);2-7H,1H3,(H,11,12);3-7,9-11H,2,8H2,1H3/b8-7+;7-6+;. The number of aryl methyl sites for hydroxylation is 2. The van der Waals surface area contributed by atoms with Crippen LogP contribution in [0, 0.1) is 13.8 Å². The van der Waals surface area contributed by atoms with Crippen molar-refractivity contribution in [3.8, 4) is 0 Å². The number of carboxylic acids is 1. The lowest BCUT2D eigenvalue weighted by Crippen LogP contribution is -2.64. The molecule has 4 rings (SSSR count). The van der Waals surface area contributed by atoms with Gasteiger partial charge in [0.15, 0.2) is 12.6 Å². The Balaban J connectivity index is 0.000000281. The molecule has 10 atom stereocenters. The van der Waals surface area contributed by atoms with Crippen molar-refractivity contribution in [3.63, 3.8) is 0 Å². The minimum Gasteiger partial charge on any atom is -0.478 e. The summed E-state index contributed by atoms with van der Waals surface area (Å²) in [5, 5.41) is 67.6. The molecule has 1 amide bonds. The zero-order valence-corrected chi connectivity index (χ0v) is 27.8. The van der Waals surface area contributed by atoms with Crippen LogP contribution >= 0.6 is 0 Å². The molecule has 15 heteroatoms. The van der Waals surface area contributed by atoms with E-state index in [2.05, 4.69) is 5.32 Å². The van der Waals surface area contributed by atoms with Crippen LogP contribution < -0.4 is 11.1 Å². The molecule has 0 aromatic heterocycles. The van der Waals surface area contributed by atoms with Crippen molar-refractivity contribution in [3.05, 3.63) is 82.9 Å². The highest BCUT2D eigenvalue weighted by Crippen LogP contribution is 2.22. The van der Waals surface area contributed by atoms with Gasteiger partial charge >= 0.3 is 5.97 Å². The molecule has 2 aliphatic rings. The third kappa shape index (κ3) is 13.0. The fourth-order valence-electron chi connectivity index (χ4n) is 4.66. The Morgan fingerprint density at radius 1 is 0.735 bits per heavy atom. The normalized spacial score (nSPS) is 29.8. The Labute approximate surface area is 284 Å². The number of nitrogens with two attached hydrogens (primary N) is 1. The maximum Gasteiger partial charge on any atom is 0.328 e. The Morgan fingerprint density at radius 2 is 1.16 bits per heavy atom. The predicted molar refractivity (Wildman–Crippen MR) is 178 cm³/mol. The average Bonchev–Trinajstić information content (AvgIpc) is 3.09. The zero-order chi connectivity index (χ0) is 36.7. The smallest absolute Gasteiger partial charge is 0.328 e. The summed E-state index contributed by atoms with van der Waals surface area (Å²) >= 11 is 0. The van der Waals surface area contributed by atoms with Crippen molar-refractivity contribution >= 4 is 24.0 Å². The van der Waals surface area contributed by atoms with E-state index >= 15 is 0 Å². The third-order valence-corrected chi connectivity index (χ3v) is 7.58. The van der Waals surface area contributed by atoms with E-state index in [1.54, 1.807) is 12.2 Å². The highest BCUT2D eigenvalue weighted by Gasteiger charge is 2.45. The number of aliphatic hydroxyl groups excluding tert-OH is 6. The van der Waals surface area contributed by atoms with Crippen LogP contribution in [-0.4, -0.2) is 136 Å². The van der Waals surface area contributed by atoms with Crippen LogP contribution in [0.2, 0.25) is 0 Å². The van der Waals surface area contributed by atoms with Gasteiger partial charge in [-0.2, -0.15) is 0 Å². The van der Waals surface area contributed by atoms with Gasteiger partial charge in [0.2, 0.25) is 5.91 Å². The van der Waals surface area contributed by atoms with Gasteiger partial charge in [-0.05, 0) is 37.1 Å². The van der Waals surface area contributed by atoms with Crippen LogP contribution in [0.25, 0.3) is 12.2 Å². The van der Waals surface area contributed by atoms with Gasteiger partial charge < -0.3 is 65.7 Å². The van der Waals surface area contributed by atoms with Crippen LogP contribution in [-0.2, 0) is 28.5 Å². The number of rotatable bonds is 9. The number of aliphatic hydroxyl groups is 6. The second-order valence-corrected chi connectivity index (χ2v) is 11.3. The lowest BCUT2D eigenvalue weighted by atomic mass is 9.97. The third-order valence-electron chi connectivity index (χ3n) is 7.58. The number of amides is 1. The van der Waals surface area contributed by atoms with Crippen molar-refractivity contribution in [1.29, 1.82) is 0 Å². The molecule has 2 aromatic rings. The fourth-order valence-corrected chi connectivity index (χ4v) is 4.66. The van der Waals surface area contributed by atoms with Crippen LogP contribution in [0.1, 0.15) is 22.3 Å². The minimum absolute atomic E-state index is 0.384. The van der Waals surface area contributed by atoms with Gasteiger partial charge in [-0.1, -0.05) is 59.7 Å². The number of carbonyl (C=O) groups is 2. The summed E-state index contributed by atoms with van der Waals surface area (Å²) in [6.45, 7) is 3.11. The van der Waals surface area contributed by atoms with E-state index < -0.39 is 79.8 Å². The molecule has 2 saturated heterocycles. The summed E-state index contributed by atoms with van der Waals surface area (Å²) in [6.07, 6.45) is -2.89.